The van der Waals surface area contributed by atoms with Crippen LogP contribution in [-0.4, -0.2) is 22.3 Å². The fourth-order valence-corrected chi connectivity index (χ4v) is 3.06. The van der Waals surface area contributed by atoms with Crippen molar-refractivity contribution < 1.29 is 9.72 Å². The molecule has 23 heavy (non-hydrogen) atoms. The van der Waals surface area contributed by atoms with Gasteiger partial charge in [-0.25, -0.2) is 0 Å². The minimum absolute atomic E-state index is 0.0464. The molecule has 2 N–H and O–H groups in total. The van der Waals surface area contributed by atoms with Crippen molar-refractivity contribution in [3.05, 3.63) is 75.3 Å². The van der Waals surface area contributed by atoms with Gasteiger partial charge in [-0.2, -0.15) is 0 Å². The lowest BCUT2D eigenvalue weighted by Gasteiger charge is -2.35. The van der Waals surface area contributed by atoms with Gasteiger partial charge in [-0.05, 0) is 29.2 Å². The number of non-ortho nitro benzene ring substituents is 1. The lowest BCUT2D eigenvalue weighted by molar-refractivity contribution is -0.384. The molecular formula is C17H16N3O3. The van der Waals surface area contributed by atoms with Crippen LogP contribution in [0, 0.1) is 16.2 Å². The van der Waals surface area contributed by atoms with Crippen LogP contribution >= 0.6 is 0 Å². The Hall–Kier alpha value is -2.73. The van der Waals surface area contributed by atoms with E-state index in [4.69, 9.17) is 5.73 Å². The van der Waals surface area contributed by atoms with Gasteiger partial charge in [0.1, 0.15) is 6.04 Å². The molecule has 0 fully saturated rings. The van der Waals surface area contributed by atoms with E-state index in [1.54, 1.807) is 12.1 Å². The first-order valence-corrected chi connectivity index (χ1v) is 7.32. The van der Waals surface area contributed by atoms with E-state index in [1.165, 1.54) is 12.1 Å². The number of nitrogens with zero attached hydrogens (tertiary/aromatic N) is 2. The molecule has 0 aromatic heterocycles. The molecule has 1 unspecified atom stereocenters. The number of fused-ring (bicyclic) bond motifs is 1. The monoisotopic (exact) mass is 310 g/mol. The number of carbonyl (C=O) groups excluding carboxylic acids is 1. The molecule has 0 spiro atoms. The first kappa shape index (κ1) is 15.2. The van der Waals surface area contributed by atoms with E-state index in [0.717, 1.165) is 23.1 Å². The van der Waals surface area contributed by atoms with E-state index >= 15 is 0 Å². The number of nitro groups is 1. The van der Waals surface area contributed by atoms with Gasteiger partial charge in [0, 0.05) is 25.2 Å². The summed E-state index contributed by atoms with van der Waals surface area (Å²) in [5.41, 5.74) is 8.41. The zero-order valence-corrected chi connectivity index (χ0v) is 12.4. The quantitative estimate of drug-likeness (QED) is 0.690. The smallest absolute Gasteiger partial charge is 0.269 e. The van der Waals surface area contributed by atoms with Crippen molar-refractivity contribution in [2.45, 2.75) is 19.0 Å². The standard InChI is InChI=1S/C17H16N3O3/c18-17(21)16-15-7-2-1-5-13(15)8-9-19(16)11-12-4-3-6-14(10-12)20(22)23/h2-7,10,16H,8-9,11H2,(H2,18,21). The SMILES string of the molecule is NC(=O)C1c2cc[c]cc2CCN1Cc1cccc([N+](=O)[O-])c1. The van der Waals surface area contributed by atoms with Crippen LogP contribution in [0.25, 0.3) is 0 Å². The van der Waals surface area contributed by atoms with Gasteiger partial charge in [0.05, 0.1) is 4.92 Å². The Labute approximate surface area is 133 Å². The van der Waals surface area contributed by atoms with Crippen LogP contribution in [0.5, 0.6) is 0 Å². The first-order chi connectivity index (χ1) is 11.1. The second-order valence-electron chi connectivity index (χ2n) is 5.58. The predicted octanol–water partition coefficient (Wildman–Crippen LogP) is 1.98. The van der Waals surface area contributed by atoms with Gasteiger partial charge in [0.25, 0.3) is 5.69 Å². The molecule has 1 heterocycles. The average Bonchev–Trinajstić information content (AvgIpc) is 2.54. The summed E-state index contributed by atoms with van der Waals surface area (Å²) in [6.45, 7) is 1.11. The molecule has 1 radical (unpaired) electrons. The Morgan fingerprint density at radius 3 is 3.00 bits per heavy atom. The molecule has 1 aliphatic rings. The molecule has 6 nitrogen and oxygen atoms in total. The zero-order valence-electron chi connectivity index (χ0n) is 12.4. The van der Waals surface area contributed by atoms with Gasteiger partial charge >= 0.3 is 0 Å². The number of primary amides is 1. The fourth-order valence-electron chi connectivity index (χ4n) is 3.06. The molecular weight excluding hydrogens is 294 g/mol. The van der Waals surface area contributed by atoms with Gasteiger partial charge in [0.15, 0.2) is 0 Å². The number of hydrogen-bond acceptors (Lipinski definition) is 4. The highest BCUT2D eigenvalue weighted by molar-refractivity contribution is 5.82. The van der Waals surface area contributed by atoms with E-state index in [-0.39, 0.29) is 5.69 Å². The fraction of sp³-hybridized carbons (Fsp3) is 0.235. The lowest BCUT2D eigenvalue weighted by atomic mass is 9.92. The highest BCUT2D eigenvalue weighted by atomic mass is 16.6. The number of nitro benzene ring substituents is 1. The maximum atomic E-state index is 12.0. The molecule has 0 saturated carbocycles. The zero-order chi connectivity index (χ0) is 16.4. The molecule has 117 valence electrons. The molecule has 2 aromatic carbocycles. The third-order valence-electron chi connectivity index (χ3n) is 4.09. The summed E-state index contributed by atoms with van der Waals surface area (Å²) in [5, 5.41) is 10.9. The second kappa shape index (κ2) is 6.18. The second-order valence-corrected chi connectivity index (χ2v) is 5.58. The van der Waals surface area contributed by atoms with E-state index in [9.17, 15) is 14.9 Å². The van der Waals surface area contributed by atoms with Crippen LogP contribution in [0.15, 0.2) is 42.5 Å². The van der Waals surface area contributed by atoms with Crippen molar-refractivity contribution in [3.63, 3.8) is 0 Å². The van der Waals surface area contributed by atoms with Crippen LogP contribution in [0.1, 0.15) is 22.7 Å². The minimum Gasteiger partial charge on any atom is -0.368 e. The summed E-state index contributed by atoms with van der Waals surface area (Å²) >= 11 is 0. The molecule has 2 aromatic rings. The Morgan fingerprint density at radius 1 is 1.43 bits per heavy atom. The minimum atomic E-state index is -0.521. The van der Waals surface area contributed by atoms with Gasteiger partial charge in [-0.15, -0.1) is 0 Å². The Bertz CT molecular complexity index is 760. The largest absolute Gasteiger partial charge is 0.368 e. The van der Waals surface area contributed by atoms with Gasteiger partial charge in [-0.1, -0.05) is 30.3 Å². The summed E-state index contributed by atoms with van der Waals surface area (Å²) in [4.78, 5) is 24.4. The van der Waals surface area contributed by atoms with E-state index in [1.807, 2.05) is 23.1 Å². The van der Waals surface area contributed by atoms with E-state index in [0.29, 0.717) is 13.1 Å². The molecule has 1 atom stereocenters. The molecule has 3 rings (SSSR count). The van der Waals surface area contributed by atoms with Crippen LogP contribution < -0.4 is 5.73 Å². The van der Waals surface area contributed by atoms with Crippen LogP contribution in [0.2, 0.25) is 0 Å². The van der Waals surface area contributed by atoms with Gasteiger partial charge < -0.3 is 5.73 Å². The maximum Gasteiger partial charge on any atom is 0.269 e. The van der Waals surface area contributed by atoms with Crippen molar-refractivity contribution in [3.8, 4) is 0 Å². The van der Waals surface area contributed by atoms with Crippen LogP contribution in [-0.2, 0) is 17.8 Å². The summed E-state index contributed by atoms with van der Waals surface area (Å²) in [5.74, 6) is -0.414. The number of hydrogen-bond donors (Lipinski definition) is 1. The summed E-state index contributed by atoms with van der Waals surface area (Å²) in [6, 6.07) is 14.5. The predicted molar refractivity (Wildman–Crippen MR) is 84.4 cm³/mol. The number of benzene rings is 2. The number of amides is 1. The normalized spacial score (nSPS) is 17.5. The third-order valence-corrected chi connectivity index (χ3v) is 4.09. The molecule has 1 aliphatic heterocycles. The number of rotatable bonds is 4. The van der Waals surface area contributed by atoms with Crippen molar-refractivity contribution in [1.82, 2.24) is 4.90 Å². The Kier molecular flexibility index (Phi) is 4.08. The Balaban J connectivity index is 1.89. The summed E-state index contributed by atoms with van der Waals surface area (Å²) in [6.07, 6.45) is 0.797. The van der Waals surface area contributed by atoms with Crippen molar-refractivity contribution in [1.29, 1.82) is 0 Å². The molecule has 6 heteroatoms. The molecule has 0 aliphatic carbocycles. The highest BCUT2D eigenvalue weighted by Gasteiger charge is 2.31. The van der Waals surface area contributed by atoms with Crippen molar-refractivity contribution >= 4 is 11.6 Å². The van der Waals surface area contributed by atoms with Gasteiger partial charge in [-0.3, -0.25) is 19.8 Å². The average molecular weight is 310 g/mol. The first-order valence-electron chi connectivity index (χ1n) is 7.32. The van der Waals surface area contributed by atoms with Crippen LogP contribution in [0.3, 0.4) is 0 Å². The summed E-state index contributed by atoms with van der Waals surface area (Å²) < 4.78 is 0. The Morgan fingerprint density at radius 2 is 2.26 bits per heavy atom. The molecule has 0 saturated heterocycles. The number of nitrogens with two attached hydrogens (primary N) is 1. The highest BCUT2D eigenvalue weighted by Crippen LogP contribution is 2.31. The topological polar surface area (TPSA) is 89.5 Å². The molecule has 1 amide bonds. The van der Waals surface area contributed by atoms with Crippen LogP contribution in [0.4, 0.5) is 5.69 Å². The van der Waals surface area contributed by atoms with E-state index in [2.05, 4.69) is 6.07 Å². The molecule has 0 bridgehead atoms. The maximum absolute atomic E-state index is 12.0. The lowest BCUT2D eigenvalue weighted by Crippen LogP contribution is -2.42. The third kappa shape index (κ3) is 3.07. The van der Waals surface area contributed by atoms with Crippen molar-refractivity contribution in [2.75, 3.05) is 6.54 Å². The summed E-state index contributed by atoms with van der Waals surface area (Å²) in [7, 11) is 0. The van der Waals surface area contributed by atoms with E-state index < -0.39 is 16.9 Å². The number of carbonyl (C=O) groups is 1. The van der Waals surface area contributed by atoms with Gasteiger partial charge in [0.2, 0.25) is 5.91 Å². The van der Waals surface area contributed by atoms with Crippen molar-refractivity contribution in [2.24, 2.45) is 5.73 Å².